The summed E-state index contributed by atoms with van der Waals surface area (Å²) < 4.78 is 12.4. The fourth-order valence-corrected chi connectivity index (χ4v) is 2.87. The molecular formula is C20H29N3O4. The highest BCUT2D eigenvalue weighted by molar-refractivity contribution is 5.90. The highest BCUT2D eigenvalue weighted by Gasteiger charge is 2.32. The SMILES string of the molecule is CCC#CCCn1nc2c(c1C(=O)OCC)CN(C(=O)OC(C)(C)C)CC2. The minimum atomic E-state index is -0.566. The van der Waals surface area contributed by atoms with Crippen molar-refractivity contribution in [2.45, 2.75) is 72.6 Å². The number of fused-ring (bicyclic) bond motifs is 1. The predicted molar refractivity (Wildman–Crippen MR) is 101 cm³/mol. The Kier molecular flexibility index (Phi) is 6.89. The van der Waals surface area contributed by atoms with Gasteiger partial charge in [0.1, 0.15) is 5.60 Å². The molecule has 2 heterocycles. The van der Waals surface area contributed by atoms with Crippen LogP contribution in [0.2, 0.25) is 0 Å². The number of carbonyl (C=O) groups is 2. The van der Waals surface area contributed by atoms with Gasteiger partial charge in [0.15, 0.2) is 5.69 Å². The van der Waals surface area contributed by atoms with Gasteiger partial charge >= 0.3 is 12.1 Å². The van der Waals surface area contributed by atoms with Crippen LogP contribution < -0.4 is 0 Å². The van der Waals surface area contributed by atoms with Crippen LogP contribution in [0, 0.1) is 11.8 Å². The topological polar surface area (TPSA) is 73.7 Å². The summed E-state index contributed by atoms with van der Waals surface area (Å²) in [5, 5.41) is 4.59. The van der Waals surface area contributed by atoms with Crippen LogP contribution in [0.25, 0.3) is 0 Å². The Morgan fingerprint density at radius 2 is 1.96 bits per heavy atom. The summed E-state index contributed by atoms with van der Waals surface area (Å²) in [6.45, 7) is 10.9. The second-order valence-electron chi connectivity index (χ2n) is 7.33. The predicted octanol–water partition coefficient (Wildman–Crippen LogP) is 3.16. The summed E-state index contributed by atoms with van der Waals surface area (Å²) in [4.78, 5) is 26.6. The lowest BCUT2D eigenvalue weighted by molar-refractivity contribution is 0.0220. The summed E-state index contributed by atoms with van der Waals surface area (Å²) >= 11 is 0. The number of amides is 1. The fraction of sp³-hybridized carbons (Fsp3) is 0.650. The maximum atomic E-state index is 12.5. The lowest BCUT2D eigenvalue weighted by Gasteiger charge is -2.29. The van der Waals surface area contributed by atoms with E-state index < -0.39 is 11.6 Å². The lowest BCUT2D eigenvalue weighted by Crippen LogP contribution is -2.40. The molecular weight excluding hydrogens is 346 g/mol. The Labute approximate surface area is 161 Å². The van der Waals surface area contributed by atoms with Gasteiger partial charge in [0.2, 0.25) is 0 Å². The van der Waals surface area contributed by atoms with Crippen LogP contribution in [-0.2, 0) is 29.0 Å². The van der Waals surface area contributed by atoms with E-state index in [1.807, 2.05) is 27.7 Å². The molecule has 1 aromatic rings. The molecule has 0 saturated heterocycles. The Morgan fingerprint density at radius 1 is 1.22 bits per heavy atom. The third kappa shape index (κ3) is 5.49. The van der Waals surface area contributed by atoms with Gasteiger partial charge in [-0.3, -0.25) is 4.68 Å². The standard InChI is InChI=1S/C20H29N3O4/c1-6-8-9-10-12-23-17(18(24)26-7-2)15-14-22(13-11-16(15)21-23)19(25)27-20(3,4)5/h6-7,10-14H2,1-5H3. The van der Waals surface area contributed by atoms with Crippen LogP contribution in [0.3, 0.4) is 0 Å². The number of carbonyl (C=O) groups excluding carboxylic acids is 2. The molecule has 27 heavy (non-hydrogen) atoms. The van der Waals surface area contributed by atoms with Crippen molar-refractivity contribution in [2.75, 3.05) is 13.2 Å². The highest BCUT2D eigenvalue weighted by atomic mass is 16.6. The van der Waals surface area contributed by atoms with Crippen molar-refractivity contribution in [3.8, 4) is 11.8 Å². The van der Waals surface area contributed by atoms with Gasteiger partial charge in [-0.15, -0.1) is 11.8 Å². The number of rotatable bonds is 4. The third-order valence-electron chi connectivity index (χ3n) is 3.97. The molecule has 1 aromatic heterocycles. The van der Waals surface area contributed by atoms with Crippen molar-refractivity contribution < 1.29 is 19.1 Å². The molecule has 0 N–H and O–H groups in total. The molecule has 1 amide bonds. The molecule has 2 rings (SSSR count). The average Bonchev–Trinajstić information content (AvgIpc) is 2.94. The molecule has 0 unspecified atom stereocenters. The van der Waals surface area contributed by atoms with Gasteiger partial charge in [-0.25, -0.2) is 9.59 Å². The van der Waals surface area contributed by atoms with Crippen LogP contribution in [-0.4, -0.2) is 45.5 Å². The van der Waals surface area contributed by atoms with Crippen LogP contribution in [0.15, 0.2) is 0 Å². The van der Waals surface area contributed by atoms with Crippen molar-refractivity contribution in [2.24, 2.45) is 0 Å². The fourth-order valence-electron chi connectivity index (χ4n) is 2.87. The van der Waals surface area contributed by atoms with E-state index in [4.69, 9.17) is 9.47 Å². The average molecular weight is 375 g/mol. The van der Waals surface area contributed by atoms with Crippen LogP contribution in [0.5, 0.6) is 0 Å². The first-order valence-electron chi connectivity index (χ1n) is 9.46. The first-order valence-corrected chi connectivity index (χ1v) is 9.46. The molecule has 0 spiro atoms. The van der Waals surface area contributed by atoms with E-state index in [1.165, 1.54) is 0 Å². The Bertz CT molecular complexity index is 750. The second-order valence-corrected chi connectivity index (χ2v) is 7.33. The molecule has 148 valence electrons. The van der Waals surface area contributed by atoms with E-state index in [-0.39, 0.29) is 12.7 Å². The van der Waals surface area contributed by atoms with Crippen LogP contribution in [0.1, 0.15) is 69.2 Å². The number of aromatic nitrogens is 2. The van der Waals surface area contributed by atoms with Gasteiger partial charge in [0, 0.05) is 31.4 Å². The number of aryl methyl sites for hydroxylation is 1. The number of esters is 1. The van der Waals surface area contributed by atoms with Crippen molar-refractivity contribution in [1.29, 1.82) is 0 Å². The number of hydrogen-bond donors (Lipinski definition) is 0. The van der Waals surface area contributed by atoms with Gasteiger partial charge in [0.25, 0.3) is 0 Å². The minimum absolute atomic E-state index is 0.282. The van der Waals surface area contributed by atoms with Crippen molar-refractivity contribution in [3.63, 3.8) is 0 Å². The number of ether oxygens (including phenoxy) is 2. The molecule has 7 nitrogen and oxygen atoms in total. The summed E-state index contributed by atoms with van der Waals surface area (Å²) in [6.07, 6.45) is 1.60. The molecule has 0 radical (unpaired) electrons. The van der Waals surface area contributed by atoms with E-state index in [0.717, 1.165) is 17.7 Å². The van der Waals surface area contributed by atoms with Crippen LogP contribution in [0.4, 0.5) is 4.79 Å². The molecule has 7 heteroatoms. The molecule has 1 aliphatic heterocycles. The van der Waals surface area contributed by atoms with Crippen molar-refractivity contribution in [3.05, 3.63) is 17.0 Å². The Hall–Kier alpha value is -2.49. The largest absolute Gasteiger partial charge is 0.461 e. The third-order valence-corrected chi connectivity index (χ3v) is 3.97. The molecule has 0 aliphatic carbocycles. The zero-order valence-corrected chi connectivity index (χ0v) is 16.9. The summed E-state index contributed by atoms with van der Waals surface area (Å²) in [5.74, 6) is 5.67. The smallest absolute Gasteiger partial charge is 0.410 e. The zero-order chi connectivity index (χ0) is 20.0. The maximum Gasteiger partial charge on any atom is 0.410 e. The van der Waals surface area contributed by atoms with Gasteiger partial charge < -0.3 is 14.4 Å². The van der Waals surface area contributed by atoms with E-state index >= 15 is 0 Å². The minimum Gasteiger partial charge on any atom is -0.461 e. The number of hydrogen-bond acceptors (Lipinski definition) is 5. The summed E-state index contributed by atoms with van der Waals surface area (Å²) in [5.41, 5.74) is 1.43. The van der Waals surface area contributed by atoms with Gasteiger partial charge in [-0.1, -0.05) is 6.92 Å². The molecule has 0 aromatic carbocycles. The van der Waals surface area contributed by atoms with E-state index in [2.05, 4.69) is 16.9 Å². The zero-order valence-electron chi connectivity index (χ0n) is 16.9. The Balaban J connectivity index is 2.27. The molecule has 0 fully saturated rings. The van der Waals surface area contributed by atoms with Crippen LogP contribution >= 0.6 is 0 Å². The second kappa shape index (κ2) is 8.94. The summed E-state index contributed by atoms with van der Waals surface area (Å²) in [7, 11) is 0. The van der Waals surface area contributed by atoms with E-state index in [9.17, 15) is 9.59 Å². The van der Waals surface area contributed by atoms with E-state index in [1.54, 1.807) is 16.5 Å². The highest BCUT2D eigenvalue weighted by Crippen LogP contribution is 2.25. The molecule has 0 atom stereocenters. The van der Waals surface area contributed by atoms with E-state index in [0.29, 0.717) is 38.2 Å². The molecule has 0 saturated carbocycles. The first-order chi connectivity index (χ1) is 12.8. The van der Waals surface area contributed by atoms with Gasteiger partial charge in [-0.05, 0) is 27.7 Å². The monoisotopic (exact) mass is 375 g/mol. The first kappa shape index (κ1) is 20.8. The van der Waals surface area contributed by atoms with Gasteiger partial charge in [-0.2, -0.15) is 5.10 Å². The van der Waals surface area contributed by atoms with Crippen molar-refractivity contribution >= 4 is 12.1 Å². The van der Waals surface area contributed by atoms with Gasteiger partial charge in [0.05, 0.1) is 25.4 Å². The summed E-state index contributed by atoms with van der Waals surface area (Å²) in [6, 6.07) is 0. The van der Waals surface area contributed by atoms with Crippen molar-refractivity contribution in [1.82, 2.24) is 14.7 Å². The normalized spacial score (nSPS) is 13.4. The maximum absolute atomic E-state index is 12.5. The Morgan fingerprint density at radius 3 is 2.59 bits per heavy atom. The molecule has 0 bridgehead atoms. The molecule has 1 aliphatic rings. The lowest BCUT2D eigenvalue weighted by atomic mass is 10.1. The number of nitrogens with zero attached hydrogens (tertiary/aromatic N) is 3. The quantitative estimate of drug-likeness (QED) is 0.597.